The minimum atomic E-state index is -0.653. The molecule has 0 radical (unpaired) electrons. The first-order valence-corrected chi connectivity index (χ1v) is 9.48. The molecule has 5 nitrogen and oxygen atoms in total. The Morgan fingerprint density at radius 2 is 1.71 bits per heavy atom. The van der Waals surface area contributed by atoms with E-state index in [0.717, 1.165) is 17.6 Å². The fourth-order valence-corrected chi connectivity index (χ4v) is 4.97. The second-order valence-electron chi connectivity index (χ2n) is 7.48. The summed E-state index contributed by atoms with van der Waals surface area (Å²) >= 11 is 0. The number of nitriles is 2. The lowest BCUT2D eigenvalue weighted by Crippen LogP contribution is -2.43. The van der Waals surface area contributed by atoms with Gasteiger partial charge in [0.15, 0.2) is 5.78 Å². The number of aromatic nitrogens is 1. The van der Waals surface area contributed by atoms with Gasteiger partial charge in [-0.25, -0.2) is 0 Å². The number of hydrogen-bond donors (Lipinski definition) is 1. The smallest absolute Gasteiger partial charge is 0.181 e. The molecule has 0 aliphatic carbocycles. The Morgan fingerprint density at radius 1 is 1.00 bits per heavy atom. The Hall–Kier alpha value is -3.41. The number of fused-ring (bicyclic) bond motifs is 5. The van der Waals surface area contributed by atoms with Crippen LogP contribution in [0.2, 0.25) is 0 Å². The highest BCUT2D eigenvalue weighted by Gasteiger charge is 2.55. The van der Waals surface area contributed by atoms with Crippen LogP contribution in [0.25, 0.3) is 10.9 Å². The summed E-state index contributed by atoms with van der Waals surface area (Å²) in [5.41, 5.74) is 3.83. The summed E-state index contributed by atoms with van der Waals surface area (Å²) in [6, 6.07) is 21.0. The van der Waals surface area contributed by atoms with Gasteiger partial charge in [0.1, 0.15) is 0 Å². The largest absolute Gasteiger partial charge is 0.357 e. The molecule has 1 N–H and O–H groups in total. The van der Waals surface area contributed by atoms with Crippen LogP contribution in [0.4, 0.5) is 0 Å². The summed E-state index contributed by atoms with van der Waals surface area (Å²) in [5.74, 6) is -1.27. The predicted molar refractivity (Wildman–Crippen MR) is 104 cm³/mol. The number of hydrogen-bond acceptors (Lipinski definition) is 4. The quantitative estimate of drug-likeness (QED) is 0.702. The van der Waals surface area contributed by atoms with Crippen molar-refractivity contribution in [3.63, 3.8) is 0 Å². The molecule has 0 saturated carbocycles. The molecule has 136 valence electrons. The van der Waals surface area contributed by atoms with Gasteiger partial charge in [0.25, 0.3) is 0 Å². The summed E-state index contributed by atoms with van der Waals surface area (Å²) in [4.78, 5) is 18.9. The second-order valence-corrected chi connectivity index (χ2v) is 7.48. The van der Waals surface area contributed by atoms with Crippen LogP contribution in [0.5, 0.6) is 0 Å². The molecule has 2 aliphatic heterocycles. The standard InChI is InChI=1S/C23H18N4O/c24-12-17-18(13-25)22(23(28)14-6-2-1-3-7-14)27-11-10-16-15-8-4-5-9-19(15)26-20(16)21(17)27/h1-9,17-18,21-22,26H,10-11H2/t17-,18+,21-,22-/m0/s1. The third-order valence-electron chi connectivity index (χ3n) is 6.17. The first-order chi connectivity index (χ1) is 13.7. The molecule has 5 heteroatoms. The molecule has 28 heavy (non-hydrogen) atoms. The van der Waals surface area contributed by atoms with Crippen molar-refractivity contribution in [1.29, 1.82) is 10.5 Å². The highest BCUT2D eigenvalue weighted by molar-refractivity contribution is 6.01. The van der Waals surface area contributed by atoms with E-state index < -0.39 is 17.9 Å². The lowest BCUT2D eigenvalue weighted by atomic mass is 9.85. The number of nitrogens with one attached hydrogen (secondary N) is 1. The molecule has 0 amide bonds. The SMILES string of the molecule is N#C[C@@H]1[C@H](C#N)[C@H]2c3[nH]c4ccccc4c3CCN2[C@@H]1C(=O)c1ccccc1. The van der Waals surface area contributed by atoms with E-state index in [4.69, 9.17) is 0 Å². The number of H-pyrrole nitrogens is 1. The van der Waals surface area contributed by atoms with Crippen LogP contribution in [0, 0.1) is 34.5 Å². The third-order valence-corrected chi connectivity index (χ3v) is 6.17. The van der Waals surface area contributed by atoms with Crippen molar-refractivity contribution >= 4 is 16.7 Å². The minimum Gasteiger partial charge on any atom is -0.357 e. The van der Waals surface area contributed by atoms with Crippen molar-refractivity contribution in [1.82, 2.24) is 9.88 Å². The summed E-state index contributed by atoms with van der Waals surface area (Å²) in [5, 5.41) is 21.0. The Kier molecular flexibility index (Phi) is 3.79. The average Bonchev–Trinajstić information content (AvgIpc) is 3.28. The van der Waals surface area contributed by atoms with Gasteiger partial charge in [0.2, 0.25) is 0 Å². The molecule has 3 heterocycles. The number of para-hydroxylation sites is 1. The van der Waals surface area contributed by atoms with Gasteiger partial charge in [-0.1, -0.05) is 48.5 Å². The minimum absolute atomic E-state index is 0.0746. The predicted octanol–water partition coefficient (Wildman–Crippen LogP) is 3.61. The molecule has 2 aliphatic rings. The van der Waals surface area contributed by atoms with E-state index in [1.165, 1.54) is 10.9 Å². The van der Waals surface area contributed by atoms with Gasteiger partial charge in [0.05, 0.1) is 36.1 Å². The summed E-state index contributed by atoms with van der Waals surface area (Å²) < 4.78 is 0. The highest BCUT2D eigenvalue weighted by atomic mass is 16.1. The van der Waals surface area contributed by atoms with Gasteiger partial charge in [0, 0.05) is 28.7 Å². The van der Waals surface area contributed by atoms with Gasteiger partial charge >= 0.3 is 0 Å². The molecule has 0 unspecified atom stereocenters. The van der Waals surface area contributed by atoms with E-state index in [0.29, 0.717) is 12.1 Å². The van der Waals surface area contributed by atoms with Crippen molar-refractivity contribution in [2.24, 2.45) is 11.8 Å². The molecule has 4 atom stereocenters. The Morgan fingerprint density at radius 3 is 2.46 bits per heavy atom. The van der Waals surface area contributed by atoms with Crippen LogP contribution in [0.15, 0.2) is 54.6 Å². The molecular weight excluding hydrogens is 348 g/mol. The van der Waals surface area contributed by atoms with Crippen molar-refractivity contribution in [3.8, 4) is 12.1 Å². The monoisotopic (exact) mass is 366 g/mol. The van der Waals surface area contributed by atoms with E-state index in [2.05, 4.69) is 28.1 Å². The van der Waals surface area contributed by atoms with Gasteiger partial charge in [-0.05, 0) is 18.1 Å². The number of carbonyl (C=O) groups is 1. The molecule has 1 aromatic heterocycles. The fourth-order valence-electron chi connectivity index (χ4n) is 4.97. The molecular formula is C23H18N4O. The van der Waals surface area contributed by atoms with E-state index in [9.17, 15) is 15.3 Å². The van der Waals surface area contributed by atoms with Gasteiger partial charge in [-0.2, -0.15) is 10.5 Å². The highest BCUT2D eigenvalue weighted by Crippen LogP contribution is 2.49. The molecule has 1 fully saturated rings. The maximum absolute atomic E-state index is 13.3. The lowest BCUT2D eigenvalue weighted by Gasteiger charge is -2.34. The number of nitrogens with zero attached hydrogens (tertiary/aromatic N) is 3. The normalized spacial score (nSPS) is 26.2. The lowest BCUT2D eigenvalue weighted by molar-refractivity contribution is 0.0802. The van der Waals surface area contributed by atoms with Crippen molar-refractivity contribution < 1.29 is 4.79 Å². The van der Waals surface area contributed by atoms with Crippen LogP contribution in [0.1, 0.15) is 27.7 Å². The van der Waals surface area contributed by atoms with Gasteiger partial charge < -0.3 is 4.98 Å². The molecule has 3 aromatic rings. The number of aromatic amines is 1. The van der Waals surface area contributed by atoms with E-state index in [1.807, 2.05) is 36.4 Å². The molecule has 0 bridgehead atoms. The van der Waals surface area contributed by atoms with Crippen molar-refractivity contribution in [2.45, 2.75) is 18.5 Å². The molecule has 5 rings (SSSR count). The molecule has 1 saturated heterocycles. The van der Waals surface area contributed by atoms with Crippen LogP contribution in [-0.2, 0) is 6.42 Å². The summed E-state index contributed by atoms with van der Waals surface area (Å²) in [7, 11) is 0. The fraction of sp³-hybridized carbons (Fsp3) is 0.261. The van der Waals surface area contributed by atoms with Crippen molar-refractivity contribution in [3.05, 3.63) is 71.4 Å². The topological polar surface area (TPSA) is 83.7 Å². The number of benzene rings is 2. The van der Waals surface area contributed by atoms with Gasteiger partial charge in [-0.3, -0.25) is 9.69 Å². The van der Waals surface area contributed by atoms with E-state index in [1.54, 1.807) is 12.1 Å². The molecule has 2 aromatic carbocycles. The van der Waals surface area contributed by atoms with Gasteiger partial charge in [-0.15, -0.1) is 0 Å². The average molecular weight is 366 g/mol. The maximum atomic E-state index is 13.3. The second kappa shape index (κ2) is 6.34. The Labute approximate surface area is 162 Å². The van der Waals surface area contributed by atoms with Crippen LogP contribution in [0.3, 0.4) is 0 Å². The summed E-state index contributed by atoms with van der Waals surface area (Å²) in [6.45, 7) is 0.666. The maximum Gasteiger partial charge on any atom is 0.181 e. The zero-order valence-corrected chi connectivity index (χ0v) is 15.2. The zero-order valence-electron chi connectivity index (χ0n) is 15.2. The number of ketones is 1. The Balaban J connectivity index is 1.64. The van der Waals surface area contributed by atoms with Crippen LogP contribution in [-0.4, -0.2) is 28.3 Å². The number of carbonyl (C=O) groups excluding carboxylic acids is 1. The van der Waals surface area contributed by atoms with E-state index in [-0.39, 0.29) is 11.8 Å². The Bertz CT molecular complexity index is 1150. The van der Waals surface area contributed by atoms with Crippen LogP contribution >= 0.6 is 0 Å². The first kappa shape index (κ1) is 16.7. The van der Waals surface area contributed by atoms with Crippen molar-refractivity contribution in [2.75, 3.05) is 6.54 Å². The molecule has 0 spiro atoms. The summed E-state index contributed by atoms with van der Waals surface area (Å²) in [6.07, 6.45) is 0.796. The van der Waals surface area contributed by atoms with Crippen LogP contribution < -0.4 is 0 Å². The number of Topliss-reactive ketones (excluding diaryl/α,β-unsaturated/α-hetero) is 1. The zero-order chi connectivity index (χ0) is 19.3. The first-order valence-electron chi connectivity index (χ1n) is 9.48. The third kappa shape index (κ3) is 2.24. The van der Waals surface area contributed by atoms with E-state index >= 15 is 0 Å². The number of rotatable bonds is 2.